The summed E-state index contributed by atoms with van der Waals surface area (Å²) in [6.07, 6.45) is 2.50. The summed E-state index contributed by atoms with van der Waals surface area (Å²) in [7, 11) is 1.69. The van der Waals surface area contributed by atoms with Gasteiger partial charge in [-0.2, -0.15) is 0 Å². The Bertz CT molecular complexity index is 552. The minimum absolute atomic E-state index is 0.106. The summed E-state index contributed by atoms with van der Waals surface area (Å²) in [5.41, 5.74) is 10.8. The molecule has 3 heteroatoms. The number of hydrogen-bond acceptors (Lipinski definition) is 3. The topological polar surface area (TPSA) is 48.1 Å². The van der Waals surface area contributed by atoms with Crippen LogP contribution in [0.3, 0.4) is 0 Å². The van der Waals surface area contributed by atoms with Crippen LogP contribution in [0.4, 0.5) is 0 Å². The second kappa shape index (κ2) is 5.85. The van der Waals surface area contributed by atoms with E-state index in [4.69, 9.17) is 10.5 Å². The summed E-state index contributed by atoms with van der Waals surface area (Å²) in [6.45, 7) is 4.13. The zero-order valence-electron chi connectivity index (χ0n) is 11.7. The van der Waals surface area contributed by atoms with Crippen LogP contribution >= 0.6 is 0 Å². The average molecular weight is 256 g/mol. The van der Waals surface area contributed by atoms with Crippen molar-refractivity contribution in [2.24, 2.45) is 5.73 Å². The number of nitrogens with two attached hydrogens (primary N) is 1. The maximum atomic E-state index is 6.33. The molecule has 0 aliphatic heterocycles. The molecule has 2 N–H and O–H groups in total. The largest absolute Gasteiger partial charge is 0.496 e. The first-order valence-corrected chi connectivity index (χ1v) is 6.42. The van der Waals surface area contributed by atoms with Crippen molar-refractivity contribution in [2.75, 3.05) is 7.11 Å². The van der Waals surface area contributed by atoms with Crippen LogP contribution in [0.2, 0.25) is 0 Å². The number of aromatic nitrogens is 1. The van der Waals surface area contributed by atoms with E-state index in [0.29, 0.717) is 6.42 Å². The third kappa shape index (κ3) is 3.12. The molecule has 1 unspecified atom stereocenters. The summed E-state index contributed by atoms with van der Waals surface area (Å²) in [6, 6.07) is 9.94. The summed E-state index contributed by atoms with van der Waals surface area (Å²) >= 11 is 0. The highest BCUT2D eigenvalue weighted by molar-refractivity contribution is 5.45. The number of nitrogens with zero attached hydrogens (tertiary/aromatic N) is 1. The molecule has 0 fully saturated rings. The molecule has 1 atom stereocenters. The van der Waals surface area contributed by atoms with E-state index >= 15 is 0 Å². The zero-order valence-corrected chi connectivity index (χ0v) is 11.7. The molecule has 0 amide bonds. The molecular formula is C16H20N2O. The Hall–Kier alpha value is -1.87. The van der Waals surface area contributed by atoms with Crippen molar-refractivity contribution >= 4 is 0 Å². The van der Waals surface area contributed by atoms with Crippen LogP contribution in [0.15, 0.2) is 36.5 Å². The highest BCUT2D eigenvalue weighted by Gasteiger charge is 2.16. The quantitative estimate of drug-likeness (QED) is 0.915. The fourth-order valence-electron chi connectivity index (χ4n) is 2.43. The molecule has 19 heavy (non-hydrogen) atoms. The Balaban J connectivity index is 2.31. The van der Waals surface area contributed by atoms with E-state index in [1.807, 2.05) is 24.3 Å². The zero-order chi connectivity index (χ0) is 13.8. The molecule has 2 aromatic rings. The van der Waals surface area contributed by atoms with E-state index in [1.165, 1.54) is 11.1 Å². The van der Waals surface area contributed by atoms with E-state index in [-0.39, 0.29) is 6.04 Å². The van der Waals surface area contributed by atoms with Crippen LogP contribution in [-0.4, -0.2) is 12.1 Å². The molecule has 1 heterocycles. The van der Waals surface area contributed by atoms with Gasteiger partial charge in [-0.3, -0.25) is 4.98 Å². The van der Waals surface area contributed by atoms with Gasteiger partial charge in [0, 0.05) is 29.9 Å². The van der Waals surface area contributed by atoms with Crippen LogP contribution in [0.25, 0.3) is 0 Å². The van der Waals surface area contributed by atoms with E-state index in [0.717, 1.165) is 17.0 Å². The maximum Gasteiger partial charge on any atom is 0.124 e. The van der Waals surface area contributed by atoms with Gasteiger partial charge in [0.05, 0.1) is 7.11 Å². The van der Waals surface area contributed by atoms with E-state index in [2.05, 4.69) is 24.9 Å². The number of aryl methyl sites for hydroxylation is 2. The fraction of sp³-hybridized carbons (Fsp3) is 0.312. The molecule has 1 aromatic carbocycles. The molecular weight excluding hydrogens is 236 g/mol. The fourth-order valence-corrected chi connectivity index (χ4v) is 2.43. The van der Waals surface area contributed by atoms with Crippen molar-refractivity contribution in [1.29, 1.82) is 0 Å². The summed E-state index contributed by atoms with van der Waals surface area (Å²) in [4.78, 5) is 4.33. The highest BCUT2D eigenvalue weighted by atomic mass is 16.5. The standard InChI is InChI=1S/C16H20N2O/c1-11-8-12(2)16(15(9-11)19-3)14(17)10-13-6-4-5-7-18-13/h4-9,14H,10,17H2,1-3H3. The molecule has 0 aliphatic carbocycles. The van der Waals surface area contributed by atoms with Gasteiger partial charge in [-0.05, 0) is 43.2 Å². The van der Waals surface area contributed by atoms with Crippen LogP contribution < -0.4 is 10.5 Å². The summed E-state index contributed by atoms with van der Waals surface area (Å²) < 4.78 is 5.47. The van der Waals surface area contributed by atoms with Gasteiger partial charge in [0.15, 0.2) is 0 Å². The van der Waals surface area contributed by atoms with Crippen LogP contribution in [0.5, 0.6) is 5.75 Å². The molecule has 0 aliphatic rings. The Labute approximate surface area is 114 Å². The van der Waals surface area contributed by atoms with Gasteiger partial charge in [-0.1, -0.05) is 12.1 Å². The third-order valence-electron chi connectivity index (χ3n) is 3.24. The number of pyridine rings is 1. The lowest BCUT2D eigenvalue weighted by atomic mass is 9.95. The van der Waals surface area contributed by atoms with Crippen molar-refractivity contribution in [3.8, 4) is 5.75 Å². The Kier molecular flexibility index (Phi) is 4.17. The monoisotopic (exact) mass is 256 g/mol. The first-order valence-electron chi connectivity index (χ1n) is 6.42. The van der Waals surface area contributed by atoms with Crippen LogP contribution in [-0.2, 0) is 6.42 Å². The van der Waals surface area contributed by atoms with Gasteiger partial charge in [-0.15, -0.1) is 0 Å². The highest BCUT2D eigenvalue weighted by Crippen LogP contribution is 2.30. The second-order valence-electron chi connectivity index (χ2n) is 4.83. The molecule has 100 valence electrons. The van der Waals surface area contributed by atoms with Gasteiger partial charge in [0.25, 0.3) is 0 Å². The van der Waals surface area contributed by atoms with Gasteiger partial charge in [-0.25, -0.2) is 0 Å². The molecule has 1 aromatic heterocycles. The van der Waals surface area contributed by atoms with Crippen molar-refractivity contribution < 1.29 is 4.74 Å². The molecule has 3 nitrogen and oxygen atoms in total. The number of hydrogen-bond donors (Lipinski definition) is 1. The SMILES string of the molecule is COc1cc(C)cc(C)c1C(N)Cc1ccccn1. The lowest BCUT2D eigenvalue weighted by molar-refractivity contribution is 0.404. The second-order valence-corrected chi connectivity index (χ2v) is 4.83. The molecule has 0 saturated carbocycles. The Morgan fingerprint density at radius 1 is 1.26 bits per heavy atom. The summed E-state index contributed by atoms with van der Waals surface area (Å²) in [5.74, 6) is 0.862. The van der Waals surface area contributed by atoms with E-state index in [1.54, 1.807) is 13.3 Å². The van der Waals surface area contributed by atoms with Gasteiger partial charge >= 0.3 is 0 Å². The van der Waals surface area contributed by atoms with Crippen molar-refractivity contribution in [2.45, 2.75) is 26.3 Å². The minimum Gasteiger partial charge on any atom is -0.496 e. The first-order chi connectivity index (χ1) is 9.11. The smallest absolute Gasteiger partial charge is 0.124 e. The minimum atomic E-state index is -0.106. The molecule has 0 bridgehead atoms. The number of rotatable bonds is 4. The van der Waals surface area contributed by atoms with E-state index in [9.17, 15) is 0 Å². The van der Waals surface area contributed by atoms with Crippen LogP contribution in [0, 0.1) is 13.8 Å². The van der Waals surface area contributed by atoms with Gasteiger partial charge in [0.2, 0.25) is 0 Å². The average Bonchev–Trinajstić information content (AvgIpc) is 2.38. The van der Waals surface area contributed by atoms with Crippen molar-refractivity contribution in [3.05, 3.63) is 58.9 Å². The van der Waals surface area contributed by atoms with Crippen molar-refractivity contribution in [3.63, 3.8) is 0 Å². The van der Waals surface area contributed by atoms with Gasteiger partial charge in [0.1, 0.15) is 5.75 Å². The van der Waals surface area contributed by atoms with Gasteiger partial charge < -0.3 is 10.5 Å². The molecule has 0 spiro atoms. The van der Waals surface area contributed by atoms with E-state index < -0.39 is 0 Å². The normalized spacial score (nSPS) is 12.2. The van der Waals surface area contributed by atoms with Crippen molar-refractivity contribution in [1.82, 2.24) is 4.98 Å². The lowest BCUT2D eigenvalue weighted by Crippen LogP contribution is -2.16. The lowest BCUT2D eigenvalue weighted by Gasteiger charge is -2.19. The number of benzene rings is 1. The number of ether oxygens (including phenoxy) is 1. The summed E-state index contributed by atoms with van der Waals surface area (Å²) in [5, 5.41) is 0. The van der Waals surface area contributed by atoms with Crippen LogP contribution in [0.1, 0.15) is 28.4 Å². The molecule has 0 saturated heterocycles. The molecule has 0 radical (unpaired) electrons. The first kappa shape index (κ1) is 13.6. The third-order valence-corrected chi connectivity index (χ3v) is 3.24. The predicted octanol–water partition coefficient (Wildman–Crippen LogP) is 2.95. The maximum absolute atomic E-state index is 6.33. The molecule has 2 rings (SSSR count). The predicted molar refractivity (Wildman–Crippen MR) is 77.3 cm³/mol. The Morgan fingerprint density at radius 3 is 2.68 bits per heavy atom. The Morgan fingerprint density at radius 2 is 2.05 bits per heavy atom. The number of methoxy groups -OCH3 is 1.